The lowest BCUT2D eigenvalue weighted by molar-refractivity contribution is 0.857. The highest BCUT2D eigenvalue weighted by molar-refractivity contribution is 9.10. The lowest BCUT2D eigenvalue weighted by Gasteiger charge is -1.99. The Morgan fingerprint density at radius 3 is 3.00 bits per heavy atom. The Balaban J connectivity index is 2.29. The molecular weight excluding hydrogens is 290 g/mol. The Morgan fingerprint density at radius 2 is 2.25 bits per heavy atom. The van der Waals surface area contributed by atoms with E-state index in [9.17, 15) is 0 Å². The molecule has 0 aliphatic rings. The van der Waals surface area contributed by atoms with Crippen LogP contribution in [0.1, 0.15) is 0 Å². The maximum atomic E-state index is 5.68. The smallest absolute Gasteiger partial charge is 0.174 e. The number of rotatable bonds is 1. The summed E-state index contributed by atoms with van der Waals surface area (Å²) in [4.78, 5) is 8.40. The highest BCUT2D eigenvalue weighted by atomic mass is 79.9. The molecule has 0 aromatic carbocycles. The van der Waals surface area contributed by atoms with E-state index in [1.807, 2.05) is 11.4 Å². The number of anilines is 1. The van der Waals surface area contributed by atoms with Gasteiger partial charge in [-0.3, -0.25) is 0 Å². The van der Waals surface area contributed by atoms with E-state index in [0.717, 1.165) is 20.5 Å². The van der Waals surface area contributed by atoms with Crippen LogP contribution >= 0.6 is 27.3 Å². The fourth-order valence-corrected chi connectivity index (χ4v) is 2.51. The third-order valence-electron chi connectivity index (χ3n) is 2.14. The molecule has 80 valence electrons. The number of aromatic nitrogens is 4. The summed E-state index contributed by atoms with van der Waals surface area (Å²) in [6.45, 7) is 0. The molecule has 0 spiro atoms. The summed E-state index contributed by atoms with van der Waals surface area (Å²) in [5.41, 5.74) is 6.60. The quantitative estimate of drug-likeness (QED) is 0.747. The van der Waals surface area contributed by atoms with Gasteiger partial charge in [-0.1, -0.05) is 0 Å². The zero-order valence-electron chi connectivity index (χ0n) is 7.96. The lowest BCUT2D eigenvalue weighted by atomic mass is 10.4. The second-order valence-electron chi connectivity index (χ2n) is 3.14. The highest BCUT2D eigenvalue weighted by Gasteiger charge is 2.10. The molecule has 3 aromatic heterocycles. The fourth-order valence-electron chi connectivity index (χ4n) is 1.41. The van der Waals surface area contributed by atoms with Crippen molar-refractivity contribution in [3.8, 4) is 5.82 Å². The first kappa shape index (κ1) is 9.73. The summed E-state index contributed by atoms with van der Waals surface area (Å²) in [7, 11) is 0. The summed E-state index contributed by atoms with van der Waals surface area (Å²) in [5, 5.41) is 6.15. The minimum Gasteiger partial charge on any atom is -0.381 e. The number of thiophene rings is 1. The first-order valence-corrected chi connectivity index (χ1v) is 6.12. The molecule has 3 aromatic rings. The van der Waals surface area contributed by atoms with Crippen LogP contribution in [0.15, 0.2) is 28.4 Å². The Morgan fingerprint density at radius 1 is 1.38 bits per heavy atom. The first-order chi connectivity index (χ1) is 7.75. The molecule has 0 unspecified atom stereocenters. The van der Waals surface area contributed by atoms with Crippen molar-refractivity contribution in [1.82, 2.24) is 19.7 Å². The normalized spacial score (nSPS) is 11.1. The van der Waals surface area contributed by atoms with E-state index in [-0.39, 0.29) is 0 Å². The Hall–Kier alpha value is -1.47. The van der Waals surface area contributed by atoms with Crippen LogP contribution in [0.5, 0.6) is 0 Å². The third kappa shape index (κ3) is 1.40. The van der Waals surface area contributed by atoms with Gasteiger partial charge in [0.05, 0.1) is 14.7 Å². The molecule has 0 bridgehead atoms. The Labute approximate surface area is 103 Å². The van der Waals surface area contributed by atoms with Gasteiger partial charge in [-0.2, -0.15) is 0 Å². The summed E-state index contributed by atoms with van der Waals surface area (Å²) >= 11 is 4.90. The molecule has 16 heavy (non-hydrogen) atoms. The second-order valence-corrected chi connectivity index (χ2v) is 4.91. The lowest BCUT2D eigenvalue weighted by Crippen LogP contribution is -1.99. The van der Waals surface area contributed by atoms with Gasteiger partial charge in [0.25, 0.3) is 0 Å². The minimum absolute atomic E-state index is 0.448. The Bertz CT molecular complexity index is 639. The predicted octanol–water partition coefficient (Wildman–Crippen LogP) is 2.22. The fraction of sp³-hybridized carbons (Fsp3) is 0. The highest BCUT2D eigenvalue weighted by Crippen LogP contribution is 2.26. The number of fused-ring (bicyclic) bond motifs is 1. The van der Waals surface area contributed by atoms with Crippen LogP contribution in [0.2, 0.25) is 0 Å². The zero-order chi connectivity index (χ0) is 11.1. The van der Waals surface area contributed by atoms with Crippen LogP contribution in [-0.4, -0.2) is 19.7 Å². The first-order valence-electron chi connectivity index (χ1n) is 4.45. The molecule has 0 aliphatic carbocycles. The average molecular weight is 296 g/mol. The maximum Gasteiger partial charge on any atom is 0.174 e. The van der Waals surface area contributed by atoms with Crippen LogP contribution in [0.4, 0.5) is 5.82 Å². The van der Waals surface area contributed by atoms with Gasteiger partial charge in [0, 0.05) is 6.20 Å². The molecule has 0 saturated carbocycles. The molecule has 5 nitrogen and oxygen atoms in total. The van der Waals surface area contributed by atoms with Gasteiger partial charge in [-0.25, -0.2) is 14.6 Å². The van der Waals surface area contributed by atoms with Crippen LogP contribution in [0.25, 0.3) is 16.0 Å². The van der Waals surface area contributed by atoms with Crippen molar-refractivity contribution in [1.29, 1.82) is 0 Å². The molecule has 3 heterocycles. The largest absolute Gasteiger partial charge is 0.381 e. The van der Waals surface area contributed by atoms with Gasteiger partial charge in [-0.15, -0.1) is 16.4 Å². The SMILES string of the molecule is Nc1nn(-c2ncnc3ccsc23)cc1Br. The molecule has 0 radical (unpaired) electrons. The molecule has 0 amide bonds. The summed E-state index contributed by atoms with van der Waals surface area (Å²) < 4.78 is 3.41. The molecule has 0 fully saturated rings. The summed E-state index contributed by atoms with van der Waals surface area (Å²) in [5.74, 6) is 1.20. The van der Waals surface area contributed by atoms with Crippen molar-refractivity contribution < 1.29 is 0 Å². The van der Waals surface area contributed by atoms with Gasteiger partial charge in [-0.05, 0) is 27.4 Å². The van der Waals surface area contributed by atoms with E-state index in [0.29, 0.717) is 5.82 Å². The van der Waals surface area contributed by atoms with Crippen LogP contribution in [0, 0.1) is 0 Å². The van der Waals surface area contributed by atoms with E-state index in [4.69, 9.17) is 5.73 Å². The topological polar surface area (TPSA) is 69.6 Å². The van der Waals surface area contributed by atoms with Gasteiger partial charge in [0.15, 0.2) is 11.6 Å². The predicted molar refractivity (Wildman–Crippen MR) is 66.6 cm³/mol. The minimum atomic E-state index is 0.448. The third-order valence-corrected chi connectivity index (χ3v) is 3.65. The maximum absolute atomic E-state index is 5.68. The van der Waals surface area contributed by atoms with Crippen molar-refractivity contribution >= 4 is 43.3 Å². The van der Waals surface area contributed by atoms with Crippen molar-refractivity contribution in [3.05, 3.63) is 28.4 Å². The van der Waals surface area contributed by atoms with Crippen molar-refractivity contribution in [2.45, 2.75) is 0 Å². The van der Waals surface area contributed by atoms with Crippen molar-refractivity contribution in [3.63, 3.8) is 0 Å². The molecule has 2 N–H and O–H groups in total. The molecule has 0 saturated heterocycles. The van der Waals surface area contributed by atoms with E-state index in [2.05, 4.69) is 31.0 Å². The standard InChI is InChI=1S/C9H6BrN5S/c10-5-3-15(14-8(5)11)9-7-6(1-2-16-7)12-4-13-9/h1-4H,(H2,11,14). The molecule has 0 aliphatic heterocycles. The Kier molecular flexibility index (Phi) is 2.15. The number of nitrogens with two attached hydrogens (primary N) is 1. The average Bonchev–Trinajstić information content (AvgIpc) is 2.85. The van der Waals surface area contributed by atoms with E-state index >= 15 is 0 Å². The van der Waals surface area contributed by atoms with Gasteiger partial charge < -0.3 is 5.73 Å². The summed E-state index contributed by atoms with van der Waals surface area (Å²) in [6, 6.07) is 1.95. The van der Waals surface area contributed by atoms with E-state index in [1.54, 1.807) is 22.2 Å². The van der Waals surface area contributed by atoms with Gasteiger partial charge in [0.1, 0.15) is 6.33 Å². The van der Waals surface area contributed by atoms with Crippen LogP contribution in [0.3, 0.4) is 0 Å². The van der Waals surface area contributed by atoms with Gasteiger partial charge in [0.2, 0.25) is 0 Å². The molecular formula is C9H6BrN5S. The number of hydrogen-bond donors (Lipinski definition) is 1. The second kappa shape index (κ2) is 3.53. The van der Waals surface area contributed by atoms with Crippen LogP contribution < -0.4 is 5.73 Å². The van der Waals surface area contributed by atoms with E-state index in [1.165, 1.54) is 6.33 Å². The number of halogens is 1. The van der Waals surface area contributed by atoms with Gasteiger partial charge >= 0.3 is 0 Å². The molecule has 7 heteroatoms. The van der Waals surface area contributed by atoms with E-state index < -0.39 is 0 Å². The zero-order valence-corrected chi connectivity index (χ0v) is 10.4. The van der Waals surface area contributed by atoms with Crippen molar-refractivity contribution in [2.75, 3.05) is 5.73 Å². The van der Waals surface area contributed by atoms with Crippen LogP contribution in [-0.2, 0) is 0 Å². The monoisotopic (exact) mass is 295 g/mol. The molecule has 0 atom stereocenters. The number of nitrogens with zero attached hydrogens (tertiary/aromatic N) is 4. The number of hydrogen-bond acceptors (Lipinski definition) is 5. The summed E-state index contributed by atoms with van der Waals surface area (Å²) in [6.07, 6.45) is 3.31. The number of nitrogen functional groups attached to an aromatic ring is 1. The van der Waals surface area contributed by atoms with Crippen molar-refractivity contribution in [2.24, 2.45) is 0 Å². The molecule has 3 rings (SSSR count).